The highest BCUT2D eigenvalue weighted by Gasteiger charge is 2.44. The summed E-state index contributed by atoms with van der Waals surface area (Å²) in [5.74, 6) is 0.857. The van der Waals surface area contributed by atoms with Crippen molar-refractivity contribution in [2.45, 2.75) is 134 Å². The molecule has 10 rings (SSSR count). The first-order valence-electron chi connectivity index (χ1n) is 23.0. The second kappa shape index (κ2) is 21.8. The van der Waals surface area contributed by atoms with Gasteiger partial charge in [0, 0.05) is 46.6 Å². The van der Waals surface area contributed by atoms with Crippen LogP contribution < -0.4 is 31.2 Å². The SMILES string of the molecule is C.CC1(C)CC(Nc2nc(Cl)ncc2F)CC2CCCN21.CC1(C)CC(Nc2nc(Nc3ccc(OC4COC4)c(C#N)c3)ncc2F)CC2CCCN21.N#Cc1cc(N)ccc1OC1COC1. The Bertz CT molecular complexity index is 2460. The van der Waals surface area contributed by atoms with Crippen molar-refractivity contribution < 1.29 is 27.7 Å². The van der Waals surface area contributed by atoms with E-state index >= 15 is 0 Å². The lowest BCUT2D eigenvalue weighted by Gasteiger charge is -2.47. The van der Waals surface area contributed by atoms with Gasteiger partial charge in [0.2, 0.25) is 11.2 Å². The number of nitriles is 2. The Balaban J connectivity index is 0.000000166. The predicted octanol–water partition coefficient (Wildman–Crippen LogP) is 8.47. The second-order valence-electron chi connectivity index (χ2n) is 19.3. The van der Waals surface area contributed by atoms with Crippen LogP contribution in [0, 0.1) is 34.3 Å². The Morgan fingerprint density at radius 3 is 1.76 bits per heavy atom. The molecular formula is C49H63ClF2N12O4. The molecule has 68 heavy (non-hydrogen) atoms. The standard InChI is InChI=1S/C24H29FN6O2.C14H20ClFN4.C10H10N2O2.CH4/c1-24(2)10-17(9-18-4-3-7-31(18)24)28-22-20(25)12-27-23(30-22)29-16-5-6-21(15(8-16)11-26)33-19-13-32-14-19;1-14(2)7-9(6-10-4-3-5-20(10)14)18-12-11(16)8-17-13(15)19-12;11-4-7-3-8(12)1-2-10(7)14-9-5-13-6-9;/h5-6,8,12,17-19H,3-4,7,9-10,13-14H2,1-2H3,(H2,27,28,29,30);8-10H,3-7H2,1-2H3,(H,17,18,19);1-3,9H,5-6,12H2;1H4. The number of ether oxygens (including phenoxy) is 4. The molecule has 0 amide bonds. The number of rotatable bonds is 10. The first kappa shape index (κ1) is 50.3. The minimum Gasteiger partial charge on any atom is -0.484 e. The molecule has 19 heteroatoms. The van der Waals surface area contributed by atoms with Gasteiger partial charge >= 0.3 is 0 Å². The Kier molecular flexibility index (Phi) is 16.1. The molecule has 364 valence electrons. The van der Waals surface area contributed by atoms with Crippen LogP contribution in [0.4, 0.5) is 37.7 Å². The predicted molar refractivity (Wildman–Crippen MR) is 257 cm³/mol. The van der Waals surface area contributed by atoms with Crippen LogP contribution in [0.5, 0.6) is 11.5 Å². The number of nitrogens with zero attached hydrogens (tertiary/aromatic N) is 8. The highest BCUT2D eigenvalue weighted by Crippen LogP contribution is 2.40. The second-order valence-corrected chi connectivity index (χ2v) is 19.6. The summed E-state index contributed by atoms with van der Waals surface area (Å²) in [7, 11) is 0. The van der Waals surface area contributed by atoms with Crippen LogP contribution in [0.25, 0.3) is 0 Å². The Labute approximate surface area is 402 Å². The van der Waals surface area contributed by atoms with Crippen molar-refractivity contribution >= 4 is 40.6 Å². The summed E-state index contributed by atoms with van der Waals surface area (Å²) in [6.07, 6.45) is 11.2. The molecule has 2 aromatic heterocycles. The normalized spacial score (nSPS) is 23.7. The van der Waals surface area contributed by atoms with Crippen LogP contribution in [0.3, 0.4) is 0 Å². The number of nitrogens with two attached hydrogens (primary N) is 1. The van der Waals surface area contributed by atoms with E-state index in [9.17, 15) is 14.0 Å². The van der Waals surface area contributed by atoms with E-state index in [0.29, 0.717) is 72.5 Å². The third kappa shape index (κ3) is 12.1. The Morgan fingerprint density at radius 2 is 1.25 bits per heavy atom. The minimum atomic E-state index is -0.476. The highest BCUT2D eigenvalue weighted by atomic mass is 35.5. The van der Waals surface area contributed by atoms with Crippen molar-refractivity contribution in [2.75, 3.05) is 61.2 Å². The van der Waals surface area contributed by atoms with Gasteiger partial charge in [-0.25, -0.2) is 18.7 Å². The maximum Gasteiger partial charge on any atom is 0.229 e. The maximum absolute atomic E-state index is 14.6. The average molecular weight is 958 g/mol. The number of benzene rings is 2. The van der Waals surface area contributed by atoms with Crippen molar-refractivity contribution in [3.05, 3.63) is 76.8 Å². The summed E-state index contributed by atoms with van der Waals surface area (Å²) >= 11 is 5.74. The van der Waals surface area contributed by atoms with E-state index in [4.69, 9.17) is 41.5 Å². The Morgan fingerprint density at radius 1 is 0.750 bits per heavy atom. The number of anilines is 5. The third-order valence-corrected chi connectivity index (χ3v) is 13.5. The molecule has 8 heterocycles. The van der Waals surface area contributed by atoms with E-state index in [0.717, 1.165) is 38.4 Å². The lowest BCUT2D eigenvalue weighted by Crippen LogP contribution is -2.55. The summed E-state index contributed by atoms with van der Waals surface area (Å²) in [5.41, 5.74) is 7.83. The molecule has 16 nitrogen and oxygen atoms in total. The quantitative estimate of drug-likeness (QED) is 0.0869. The molecule has 0 spiro atoms. The number of aromatic nitrogens is 4. The zero-order chi connectivity index (χ0) is 47.3. The van der Waals surface area contributed by atoms with Gasteiger partial charge < -0.3 is 40.6 Å². The van der Waals surface area contributed by atoms with Crippen LogP contribution in [0.15, 0.2) is 48.8 Å². The van der Waals surface area contributed by atoms with Crippen LogP contribution in [-0.4, -0.2) is 117 Å². The summed E-state index contributed by atoms with van der Waals surface area (Å²) < 4.78 is 49.7. The van der Waals surface area contributed by atoms with E-state index < -0.39 is 11.6 Å². The molecule has 6 fully saturated rings. The van der Waals surface area contributed by atoms with Crippen LogP contribution in [0.1, 0.15) is 97.6 Å². The molecule has 2 aromatic carbocycles. The van der Waals surface area contributed by atoms with Gasteiger partial charge in [-0.15, -0.1) is 0 Å². The Hall–Kier alpha value is -5.63. The lowest BCUT2D eigenvalue weighted by molar-refractivity contribution is -0.0797. The number of piperidine rings is 2. The van der Waals surface area contributed by atoms with E-state index in [1.807, 2.05) is 6.07 Å². The minimum absolute atomic E-state index is 0. The van der Waals surface area contributed by atoms with Crippen molar-refractivity contribution in [3.63, 3.8) is 0 Å². The topological polar surface area (TPSA) is 205 Å². The molecule has 0 aliphatic carbocycles. The molecule has 0 bridgehead atoms. The van der Waals surface area contributed by atoms with Gasteiger partial charge in [0.15, 0.2) is 23.3 Å². The summed E-state index contributed by atoms with van der Waals surface area (Å²) in [6.45, 7) is 13.6. The van der Waals surface area contributed by atoms with Crippen molar-refractivity contribution in [1.29, 1.82) is 10.5 Å². The molecule has 0 radical (unpaired) electrons. The fourth-order valence-electron chi connectivity index (χ4n) is 10.2. The van der Waals surface area contributed by atoms with Crippen molar-refractivity contribution in [3.8, 4) is 23.6 Å². The van der Waals surface area contributed by atoms with Gasteiger partial charge in [0.05, 0.1) is 49.9 Å². The monoisotopic (exact) mass is 956 g/mol. The number of fused-ring (bicyclic) bond motifs is 2. The van der Waals surface area contributed by atoms with Crippen LogP contribution in [-0.2, 0) is 9.47 Å². The highest BCUT2D eigenvalue weighted by molar-refractivity contribution is 6.28. The van der Waals surface area contributed by atoms with Gasteiger partial charge in [0.25, 0.3) is 0 Å². The number of hydrogen-bond donors (Lipinski definition) is 4. The van der Waals surface area contributed by atoms with Gasteiger partial charge in [0.1, 0.15) is 35.8 Å². The van der Waals surface area contributed by atoms with Crippen molar-refractivity contribution in [1.82, 2.24) is 29.7 Å². The molecule has 4 aromatic rings. The van der Waals surface area contributed by atoms with Crippen LogP contribution >= 0.6 is 11.6 Å². The molecule has 6 saturated heterocycles. The largest absolute Gasteiger partial charge is 0.484 e. The zero-order valence-electron chi connectivity index (χ0n) is 38.4. The first-order valence-corrected chi connectivity index (χ1v) is 23.4. The summed E-state index contributed by atoms with van der Waals surface area (Å²) in [4.78, 5) is 21.3. The third-order valence-electron chi connectivity index (χ3n) is 13.3. The van der Waals surface area contributed by atoms with Gasteiger partial charge in [-0.2, -0.15) is 20.5 Å². The van der Waals surface area contributed by atoms with E-state index in [1.54, 1.807) is 36.4 Å². The fraction of sp³-hybridized carbons (Fsp3) is 0.551. The van der Waals surface area contributed by atoms with Gasteiger partial charge in [-0.3, -0.25) is 9.80 Å². The number of halogens is 3. The van der Waals surface area contributed by atoms with E-state index in [1.165, 1.54) is 38.4 Å². The molecule has 6 aliphatic heterocycles. The number of nitrogens with one attached hydrogen (secondary N) is 3. The zero-order valence-corrected chi connectivity index (χ0v) is 39.2. The van der Waals surface area contributed by atoms with Gasteiger partial charge in [-0.05, 0) is 140 Å². The molecular weight excluding hydrogens is 894 g/mol. The molecule has 4 unspecified atom stereocenters. The average Bonchev–Trinajstić information content (AvgIpc) is 3.96. The number of nitrogen functional groups attached to an aromatic ring is 1. The van der Waals surface area contributed by atoms with Crippen molar-refractivity contribution in [2.24, 2.45) is 0 Å². The molecule has 0 saturated carbocycles. The molecule has 5 N–H and O–H groups in total. The number of hydrogen-bond acceptors (Lipinski definition) is 16. The van der Waals surface area contributed by atoms with Crippen LogP contribution in [0.2, 0.25) is 5.28 Å². The molecule has 4 atom stereocenters. The summed E-state index contributed by atoms with van der Waals surface area (Å²) in [6, 6.07) is 15.9. The van der Waals surface area contributed by atoms with E-state index in [2.05, 4.69) is 79.5 Å². The lowest BCUT2D eigenvalue weighted by atomic mass is 9.84. The molecule has 6 aliphatic rings. The summed E-state index contributed by atoms with van der Waals surface area (Å²) in [5, 5.41) is 28.0. The first-order chi connectivity index (χ1) is 32.2. The maximum atomic E-state index is 14.6. The van der Waals surface area contributed by atoms with E-state index in [-0.39, 0.29) is 65.7 Å². The smallest absolute Gasteiger partial charge is 0.229 e. The van der Waals surface area contributed by atoms with Gasteiger partial charge in [-0.1, -0.05) is 7.43 Å². The fourth-order valence-corrected chi connectivity index (χ4v) is 10.3.